The first-order chi connectivity index (χ1) is 18.1. The van der Waals surface area contributed by atoms with Crippen molar-refractivity contribution >= 4 is 42.9 Å². The normalized spacial score (nSPS) is 12.9. The fourth-order valence-corrected chi connectivity index (χ4v) is 4.47. The molecule has 2 atom stereocenters. The van der Waals surface area contributed by atoms with E-state index >= 15 is 0 Å². The topological polar surface area (TPSA) is 153 Å². The predicted molar refractivity (Wildman–Crippen MR) is 142 cm³/mol. The van der Waals surface area contributed by atoms with Gasteiger partial charge in [-0.25, -0.2) is 14.0 Å². The van der Waals surface area contributed by atoms with Gasteiger partial charge in [-0.1, -0.05) is 13.8 Å². The Morgan fingerprint density at radius 2 is 1.87 bits per heavy atom. The van der Waals surface area contributed by atoms with Crippen molar-refractivity contribution in [1.82, 2.24) is 15.2 Å². The summed E-state index contributed by atoms with van der Waals surface area (Å²) in [4.78, 5) is 62.5. The highest BCUT2D eigenvalue weighted by Gasteiger charge is 2.28. The van der Waals surface area contributed by atoms with E-state index in [0.29, 0.717) is 23.0 Å². The molecule has 2 amide bonds. The van der Waals surface area contributed by atoms with Crippen LogP contribution in [-0.2, 0) is 14.3 Å². The minimum atomic E-state index is -2.89. The summed E-state index contributed by atoms with van der Waals surface area (Å²) in [5.74, 6) is -4.51. The minimum Gasteiger partial charge on any atom is -0.479 e. The van der Waals surface area contributed by atoms with Gasteiger partial charge in [0.25, 0.3) is 0 Å². The average Bonchev–Trinajstić information content (AvgIpc) is 2.87. The Morgan fingerprint density at radius 1 is 1.16 bits per heavy atom. The number of benzene rings is 1. The van der Waals surface area contributed by atoms with Crippen LogP contribution < -0.4 is 10.2 Å². The van der Waals surface area contributed by atoms with Crippen LogP contribution in [0.15, 0.2) is 30.5 Å². The molecule has 1 aromatic heterocycles. The zero-order chi connectivity index (χ0) is 28.2. The molecule has 4 N–H and O–H groups in total. The fourth-order valence-electron chi connectivity index (χ4n) is 4.02. The molecule has 2 rings (SSSR count). The minimum absolute atomic E-state index is 0.0885. The zero-order valence-corrected chi connectivity index (χ0v) is 22.7. The SMILES string of the molecule is CCN(CC)CCCC(C)N(C(=O)OCCCC(=O)NC(C(=O)O)P(O)O)c1ccnc2cc(F)ccc12. The average molecular weight is 555 g/mol. The van der Waals surface area contributed by atoms with E-state index in [-0.39, 0.29) is 25.5 Å². The molecule has 2 aromatic rings. The summed E-state index contributed by atoms with van der Waals surface area (Å²) in [7, 11) is -2.89. The maximum Gasteiger partial charge on any atom is 0.414 e. The molecule has 1 aromatic carbocycles. The summed E-state index contributed by atoms with van der Waals surface area (Å²) in [6.07, 6.45) is 2.28. The van der Waals surface area contributed by atoms with Crippen LogP contribution in [0.1, 0.15) is 46.5 Å². The number of aromatic nitrogens is 1. The van der Waals surface area contributed by atoms with Crippen LogP contribution in [-0.4, -0.2) is 80.8 Å². The number of hydrogen-bond acceptors (Lipinski definition) is 8. The molecule has 13 heteroatoms. The summed E-state index contributed by atoms with van der Waals surface area (Å²) >= 11 is 0. The number of carboxylic acids is 1. The summed E-state index contributed by atoms with van der Waals surface area (Å²) in [5, 5.41) is 11.6. The number of hydrogen-bond donors (Lipinski definition) is 4. The van der Waals surface area contributed by atoms with E-state index in [9.17, 15) is 18.8 Å². The summed E-state index contributed by atoms with van der Waals surface area (Å²) in [6, 6.07) is 5.57. The quantitative estimate of drug-likeness (QED) is 0.192. The van der Waals surface area contributed by atoms with Crippen LogP contribution in [0.25, 0.3) is 10.9 Å². The van der Waals surface area contributed by atoms with Crippen LogP contribution in [0.5, 0.6) is 0 Å². The number of halogens is 1. The maximum atomic E-state index is 13.8. The van der Waals surface area contributed by atoms with Gasteiger partial charge in [0.2, 0.25) is 14.3 Å². The molecule has 38 heavy (non-hydrogen) atoms. The van der Waals surface area contributed by atoms with Crippen molar-refractivity contribution in [3.8, 4) is 0 Å². The maximum absolute atomic E-state index is 13.8. The third-order valence-corrected chi connectivity index (χ3v) is 6.92. The molecule has 0 saturated carbocycles. The lowest BCUT2D eigenvalue weighted by Gasteiger charge is -2.30. The van der Waals surface area contributed by atoms with Gasteiger partial charge in [-0.05, 0) is 64.0 Å². The number of anilines is 1. The van der Waals surface area contributed by atoms with Crippen molar-refractivity contribution < 1.29 is 38.4 Å². The monoisotopic (exact) mass is 554 g/mol. The number of fused-ring (bicyclic) bond motifs is 1. The standard InChI is InChI=1S/C25H36FN4O7P/c1-4-29(5-2)14-6-8-17(3)30(21-12-13-27-20-16-18(26)10-11-19(20)21)25(34)37-15-7-9-22(31)28-23(24(32)33)38(35)36/h10-13,16-17,23,35-36H,4-9,14-15H2,1-3H3,(H,28,31)(H,32,33). The summed E-state index contributed by atoms with van der Waals surface area (Å²) in [6.45, 7) is 8.69. The smallest absolute Gasteiger partial charge is 0.414 e. The molecule has 0 spiro atoms. The van der Waals surface area contributed by atoms with Gasteiger partial charge in [0.1, 0.15) is 5.82 Å². The molecule has 2 unspecified atom stereocenters. The number of pyridine rings is 1. The number of nitrogens with one attached hydrogen (secondary N) is 1. The van der Waals surface area contributed by atoms with Gasteiger partial charge in [-0.3, -0.25) is 14.7 Å². The second kappa shape index (κ2) is 15.5. The third-order valence-electron chi connectivity index (χ3n) is 6.11. The Kier molecular flexibility index (Phi) is 12.8. The van der Waals surface area contributed by atoms with E-state index in [1.165, 1.54) is 23.2 Å². The van der Waals surface area contributed by atoms with Crippen molar-refractivity contribution in [2.24, 2.45) is 0 Å². The van der Waals surface area contributed by atoms with Crippen molar-refractivity contribution in [3.05, 3.63) is 36.3 Å². The number of carbonyl (C=O) groups excluding carboxylic acids is 2. The van der Waals surface area contributed by atoms with Crippen molar-refractivity contribution in [2.75, 3.05) is 31.1 Å². The Morgan fingerprint density at radius 3 is 2.50 bits per heavy atom. The molecule has 0 radical (unpaired) electrons. The van der Waals surface area contributed by atoms with E-state index in [2.05, 4.69) is 23.7 Å². The number of rotatable bonds is 15. The van der Waals surface area contributed by atoms with Crippen LogP contribution >= 0.6 is 8.38 Å². The Labute approximate surface area is 222 Å². The third kappa shape index (κ3) is 9.13. The van der Waals surface area contributed by atoms with E-state index in [0.717, 1.165) is 26.1 Å². The lowest BCUT2D eigenvalue weighted by molar-refractivity contribution is -0.139. The van der Waals surface area contributed by atoms with Crippen molar-refractivity contribution in [3.63, 3.8) is 0 Å². The molecule has 0 aliphatic rings. The molecule has 210 valence electrons. The van der Waals surface area contributed by atoms with Crippen LogP contribution in [0, 0.1) is 5.82 Å². The first kappa shape index (κ1) is 31.3. The Balaban J connectivity index is 2.11. The van der Waals surface area contributed by atoms with Crippen molar-refractivity contribution in [1.29, 1.82) is 0 Å². The lowest BCUT2D eigenvalue weighted by atomic mass is 10.1. The summed E-state index contributed by atoms with van der Waals surface area (Å²) in [5.41, 5.74) is 0.921. The number of aliphatic carboxylic acids is 1. The molecule has 0 aliphatic carbocycles. The predicted octanol–water partition coefficient (Wildman–Crippen LogP) is 3.43. The highest BCUT2D eigenvalue weighted by molar-refractivity contribution is 7.47. The van der Waals surface area contributed by atoms with Crippen LogP contribution in [0.2, 0.25) is 0 Å². The molecule has 11 nitrogen and oxygen atoms in total. The zero-order valence-electron chi connectivity index (χ0n) is 21.8. The number of carbonyl (C=O) groups is 3. The first-order valence-corrected chi connectivity index (χ1v) is 13.8. The second-order valence-corrected chi connectivity index (χ2v) is 9.88. The van der Waals surface area contributed by atoms with Crippen molar-refractivity contribution in [2.45, 2.75) is 58.3 Å². The molecule has 0 saturated heterocycles. The highest BCUT2D eigenvalue weighted by atomic mass is 31.2. The van der Waals surface area contributed by atoms with Gasteiger partial charge in [-0.15, -0.1) is 0 Å². The Bertz CT molecular complexity index is 1090. The van der Waals surface area contributed by atoms with E-state index in [4.69, 9.17) is 19.6 Å². The molecular weight excluding hydrogens is 518 g/mol. The van der Waals surface area contributed by atoms with Gasteiger partial charge >= 0.3 is 12.1 Å². The number of nitrogens with zero attached hydrogens (tertiary/aromatic N) is 3. The summed E-state index contributed by atoms with van der Waals surface area (Å²) < 4.78 is 19.3. The van der Waals surface area contributed by atoms with Gasteiger partial charge in [0.05, 0.1) is 17.8 Å². The van der Waals surface area contributed by atoms with E-state index in [1.807, 2.05) is 12.2 Å². The van der Waals surface area contributed by atoms with Gasteiger partial charge < -0.3 is 29.8 Å². The van der Waals surface area contributed by atoms with E-state index < -0.39 is 37.9 Å². The fraction of sp³-hybridized carbons (Fsp3) is 0.520. The van der Waals surface area contributed by atoms with Gasteiger partial charge in [-0.2, -0.15) is 0 Å². The number of amides is 2. The lowest BCUT2D eigenvalue weighted by Crippen LogP contribution is -2.40. The van der Waals surface area contributed by atoms with Gasteiger partial charge in [0.15, 0.2) is 5.78 Å². The van der Waals surface area contributed by atoms with Gasteiger partial charge in [0, 0.05) is 30.1 Å². The first-order valence-electron chi connectivity index (χ1n) is 12.5. The highest BCUT2D eigenvalue weighted by Crippen LogP contribution is 2.30. The second-order valence-electron chi connectivity index (χ2n) is 8.73. The van der Waals surface area contributed by atoms with Crippen LogP contribution in [0.4, 0.5) is 14.9 Å². The molecule has 0 bridgehead atoms. The Hall–Kier alpha value is -2.92. The number of ether oxygens (including phenoxy) is 1. The molecule has 1 heterocycles. The van der Waals surface area contributed by atoms with Crippen LogP contribution in [0.3, 0.4) is 0 Å². The molecular formula is C25H36FN4O7P. The molecule has 0 fully saturated rings. The molecule has 0 aliphatic heterocycles. The number of carboxylic acid groups (broad SMARTS) is 1. The van der Waals surface area contributed by atoms with E-state index in [1.54, 1.807) is 12.1 Å². The largest absolute Gasteiger partial charge is 0.479 e.